The lowest BCUT2D eigenvalue weighted by Gasteiger charge is -2.47. The maximum absolute atomic E-state index is 12.0. The van der Waals surface area contributed by atoms with Crippen LogP contribution < -0.4 is 0 Å². The molecule has 0 radical (unpaired) electrons. The predicted molar refractivity (Wildman–Crippen MR) is 167 cm³/mol. The molecule has 0 amide bonds. The highest BCUT2D eigenvalue weighted by atomic mass is 28.5. The Labute approximate surface area is 237 Å². The molecule has 0 bridgehead atoms. The van der Waals surface area contributed by atoms with Crippen molar-refractivity contribution in [1.29, 1.82) is 0 Å². The van der Waals surface area contributed by atoms with Crippen LogP contribution in [0.1, 0.15) is 26.2 Å². The molecule has 0 saturated heterocycles. The van der Waals surface area contributed by atoms with Crippen LogP contribution in [0.15, 0.2) is 12.2 Å². The molecule has 0 saturated carbocycles. The Balaban J connectivity index is 6.73. The van der Waals surface area contributed by atoms with E-state index >= 15 is 0 Å². The molecule has 0 unspecified atom stereocenters. The van der Waals surface area contributed by atoms with E-state index in [1.165, 1.54) is 0 Å². The normalized spacial score (nSPS) is 13.9. The summed E-state index contributed by atoms with van der Waals surface area (Å²) in [6, 6.07) is 0.806. The first-order valence-electron chi connectivity index (χ1n) is 13.3. The summed E-state index contributed by atoms with van der Waals surface area (Å²) in [7, 11) is -15.8. The number of esters is 1. The molecule has 0 spiro atoms. The second kappa shape index (κ2) is 14.6. The van der Waals surface area contributed by atoms with Gasteiger partial charge in [-0.25, -0.2) is 4.79 Å². The standard InChI is InChI=1S/C23H54O9Si6/c1-21(2)23(26)27-18-16-20-38(30-35(9,10)11,31-36(12,13)14)32-37(28-33(3,4)5,29-34(6,7)8)19-15-17-22(24)25/h1,15-20H2,2-14H3,(H,24,25). The first-order chi connectivity index (χ1) is 16.8. The Morgan fingerprint density at radius 3 is 1.26 bits per heavy atom. The molecule has 9 nitrogen and oxygen atoms in total. The van der Waals surface area contributed by atoms with Crippen molar-refractivity contribution in [2.24, 2.45) is 0 Å². The molecule has 0 aliphatic heterocycles. The van der Waals surface area contributed by atoms with Crippen molar-refractivity contribution in [2.45, 2.75) is 117 Å². The first kappa shape index (κ1) is 37.8. The molecule has 0 aliphatic carbocycles. The third kappa shape index (κ3) is 18.2. The molecular formula is C23H54O9Si6. The van der Waals surface area contributed by atoms with Gasteiger partial charge in [-0.3, -0.25) is 4.79 Å². The molecular weight excluding hydrogens is 589 g/mol. The highest BCUT2D eigenvalue weighted by Crippen LogP contribution is 2.36. The molecule has 224 valence electrons. The van der Waals surface area contributed by atoms with E-state index in [0.29, 0.717) is 30.5 Å². The first-order valence-corrected chi connectivity index (χ1v) is 30.8. The van der Waals surface area contributed by atoms with Gasteiger partial charge in [0.15, 0.2) is 33.3 Å². The summed E-state index contributed by atoms with van der Waals surface area (Å²) in [5.74, 6) is -1.30. The summed E-state index contributed by atoms with van der Waals surface area (Å²) in [6.45, 7) is 30.5. The van der Waals surface area contributed by atoms with Gasteiger partial charge in [-0.15, -0.1) is 0 Å². The number of rotatable bonds is 19. The van der Waals surface area contributed by atoms with Gasteiger partial charge < -0.3 is 30.4 Å². The molecule has 0 aliphatic rings. The van der Waals surface area contributed by atoms with E-state index < -0.39 is 62.8 Å². The molecule has 0 heterocycles. The molecule has 0 aromatic rings. The fraction of sp³-hybridized carbons (Fsp3) is 0.826. The summed E-state index contributed by atoms with van der Waals surface area (Å²) >= 11 is 0. The van der Waals surface area contributed by atoms with Crippen molar-refractivity contribution < 1.29 is 40.0 Å². The Hall–Kier alpha value is -0.219. The summed E-state index contributed by atoms with van der Waals surface area (Å²) in [5.41, 5.74) is 0.346. The van der Waals surface area contributed by atoms with Crippen molar-refractivity contribution in [1.82, 2.24) is 0 Å². The van der Waals surface area contributed by atoms with Crippen LogP contribution in [0.2, 0.25) is 90.7 Å². The number of aliphatic carboxylic acids is 1. The second-order valence-electron chi connectivity index (χ2n) is 13.6. The maximum atomic E-state index is 12.0. The zero-order valence-corrected chi connectivity index (χ0v) is 32.2. The van der Waals surface area contributed by atoms with Crippen LogP contribution in [0.5, 0.6) is 0 Å². The number of carbonyl (C=O) groups excluding carboxylic acids is 1. The van der Waals surface area contributed by atoms with Gasteiger partial charge in [0.05, 0.1) is 6.61 Å². The van der Waals surface area contributed by atoms with Gasteiger partial charge in [-0.1, -0.05) is 6.58 Å². The van der Waals surface area contributed by atoms with Crippen molar-refractivity contribution in [3.05, 3.63) is 12.2 Å². The summed E-state index contributed by atoms with van der Waals surface area (Å²) in [4.78, 5) is 23.4. The Bertz CT molecular complexity index is 763. The van der Waals surface area contributed by atoms with E-state index in [1.807, 2.05) is 0 Å². The van der Waals surface area contributed by atoms with E-state index in [0.717, 1.165) is 0 Å². The van der Waals surface area contributed by atoms with Gasteiger partial charge in [0.2, 0.25) is 0 Å². The van der Waals surface area contributed by atoms with E-state index in [9.17, 15) is 14.7 Å². The summed E-state index contributed by atoms with van der Waals surface area (Å²) in [5, 5.41) is 9.37. The van der Waals surface area contributed by atoms with Crippen molar-refractivity contribution in [2.75, 3.05) is 6.61 Å². The number of carboxylic acid groups (broad SMARTS) is 1. The van der Waals surface area contributed by atoms with Crippen LogP contribution in [0.25, 0.3) is 0 Å². The molecule has 15 heteroatoms. The van der Waals surface area contributed by atoms with Crippen LogP contribution in [0.4, 0.5) is 0 Å². The summed E-state index contributed by atoms with van der Waals surface area (Å²) < 4.78 is 39.9. The highest BCUT2D eigenvalue weighted by molar-refractivity contribution is 6.92. The molecule has 0 fully saturated rings. The van der Waals surface area contributed by atoms with Crippen molar-refractivity contribution in [3.63, 3.8) is 0 Å². The van der Waals surface area contributed by atoms with E-state index in [1.54, 1.807) is 6.92 Å². The molecule has 38 heavy (non-hydrogen) atoms. The topological polar surface area (TPSA) is 110 Å². The van der Waals surface area contributed by atoms with Crippen molar-refractivity contribution >= 4 is 62.8 Å². The van der Waals surface area contributed by atoms with Crippen LogP contribution in [0, 0.1) is 0 Å². The Morgan fingerprint density at radius 1 is 0.632 bits per heavy atom. The smallest absolute Gasteiger partial charge is 0.472 e. The lowest BCUT2D eigenvalue weighted by Crippen LogP contribution is -2.67. The molecule has 0 aromatic heterocycles. The van der Waals surface area contributed by atoms with Gasteiger partial charge in [0.25, 0.3) is 0 Å². The predicted octanol–water partition coefficient (Wildman–Crippen LogP) is 6.66. The molecule has 1 N–H and O–H groups in total. The fourth-order valence-corrected chi connectivity index (χ4v) is 27.3. The molecule has 0 atom stereocenters. The van der Waals surface area contributed by atoms with E-state index in [4.69, 9.17) is 25.3 Å². The molecule has 0 aromatic carbocycles. The summed E-state index contributed by atoms with van der Waals surface area (Å²) in [6.07, 6.45) is 0.855. The zero-order valence-electron chi connectivity index (χ0n) is 26.2. The zero-order chi connectivity index (χ0) is 30.2. The second-order valence-corrected chi connectivity index (χ2v) is 38.3. The average Bonchev–Trinajstić information content (AvgIpc) is 2.58. The van der Waals surface area contributed by atoms with E-state index in [-0.39, 0.29) is 13.0 Å². The van der Waals surface area contributed by atoms with Crippen LogP contribution in [0.3, 0.4) is 0 Å². The monoisotopic (exact) mass is 642 g/mol. The molecule has 0 rings (SSSR count). The quantitative estimate of drug-likeness (QED) is 0.0716. The highest BCUT2D eigenvalue weighted by Gasteiger charge is 2.58. The number of carboxylic acids is 1. The minimum absolute atomic E-state index is 0.00259. The van der Waals surface area contributed by atoms with Crippen LogP contribution in [-0.4, -0.2) is 74.5 Å². The maximum Gasteiger partial charge on any atom is 0.472 e. The fourth-order valence-electron chi connectivity index (χ4n) is 3.57. The third-order valence-electron chi connectivity index (χ3n) is 4.24. The number of carbonyl (C=O) groups is 2. The lowest BCUT2D eigenvalue weighted by molar-refractivity contribution is -0.139. The Kier molecular flexibility index (Phi) is 14.5. The van der Waals surface area contributed by atoms with Gasteiger partial charge in [-0.05, 0) is 98.3 Å². The Morgan fingerprint density at radius 2 is 0.974 bits per heavy atom. The minimum Gasteiger partial charge on any atom is -0.481 e. The lowest BCUT2D eigenvalue weighted by atomic mass is 10.3. The SMILES string of the molecule is C=C(C)C(=O)OCCC[Si](O[Si](C)(C)C)(O[Si](C)(C)C)O[Si](CCCC(=O)O)(O[Si](C)(C)C)O[Si](C)(C)C. The van der Waals surface area contributed by atoms with E-state index in [2.05, 4.69) is 85.1 Å². The third-order valence-corrected chi connectivity index (χ3v) is 23.4. The van der Waals surface area contributed by atoms with Gasteiger partial charge in [-0.2, -0.15) is 0 Å². The van der Waals surface area contributed by atoms with Crippen molar-refractivity contribution in [3.8, 4) is 0 Å². The van der Waals surface area contributed by atoms with Crippen LogP contribution >= 0.6 is 0 Å². The van der Waals surface area contributed by atoms with Gasteiger partial charge >= 0.3 is 29.5 Å². The number of hydrogen-bond acceptors (Lipinski definition) is 8. The van der Waals surface area contributed by atoms with Crippen LogP contribution in [-0.2, 0) is 34.9 Å². The minimum atomic E-state index is -3.47. The van der Waals surface area contributed by atoms with Gasteiger partial charge in [0, 0.05) is 24.1 Å². The average molecular weight is 643 g/mol. The van der Waals surface area contributed by atoms with Gasteiger partial charge in [0.1, 0.15) is 0 Å². The largest absolute Gasteiger partial charge is 0.481 e. The number of ether oxygens (including phenoxy) is 1. The number of hydrogen-bond donors (Lipinski definition) is 1.